The van der Waals surface area contributed by atoms with Crippen molar-refractivity contribution in [3.8, 4) is 11.5 Å². The molecule has 100 valence electrons. The summed E-state index contributed by atoms with van der Waals surface area (Å²) in [7, 11) is 0. The van der Waals surface area contributed by atoms with E-state index in [4.69, 9.17) is 19.9 Å². The second-order valence-corrected chi connectivity index (χ2v) is 5.06. The first-order valence-electron chi connectivity index (χ1n) is 5.95. The minimum Gasteiger partial charge on any atom is -0.454 e. The summed E-state index contributed by atoms with van der Waals surface area (Å²) in [4.78, 5) is 4.34. The number of nitrogens with two attached hydrogens (primary N) is 1. The molecule has 2 aromatic rings. The van der Waals surface area contributed by atoms with E-state index in [0.717, 1.165) is 27.8 Å². The van der Waals surface area contributed by atoms with Gasteiger partial charge in [-0.1, -0.05) is 6.07 Å². The second-order valence-electron chi connectivity index (χ2n) is 4.12. The number of nitrogens with zero attached hydrogens (tertiary/aromatic N) is 1. The first-order chi connectivity index (χ1) is 9.35. The fourth-order valence-electron chi connectivity index (χ4n) is 1.81. The van der Waals surface area contributed by atoms with Gasteiger partial charge in [0, 0.05) is 11.9 Å². The van der Waals surface area contributed by atoms with E-state index in [1.54, 1.807) is 11.3 Å². The molecule has 0 amide bonds. The van der Waals surface area contributed by atoms with Crippen molar-refractivity contribution in [2.45, 2.75) is 19.8 Å². The first-order valence-corrected chi connectivity index (χ1v) is 6.83. The zero-order valence-corrected chi connectivity index (χ0v) is 11.1. The maximum absolute atomic E-state index is 5.63. The van der Waals surface area contributed by atoms with Crippen LogP contribution in [0.25, 0.3) is 0 Å². The van der Waals surface area contributed by atoms with Crippen LogP contribution in [0.3, 0.4) is 0 Å². The van der Waals surface area contributed by atoms with Crippen LogP contribution in [0.15, 0.2) is 23.6 Å². The standard InChI is InChI=1S/C13H14N2O3S/c14-4-13-15-10(7-19-13)6-16-5-9-1-2-11-12(3-9)18-8-17-11/h1-3,7H,4-6,8,14H2. The number of thiazole rings is 1. The molecule has 0 aliphatic carbocycles. The summed E-state index contributed by atoms with van der Waals surface area (Å²) in [5, 5.41) is 2.91. The quantitative estimate of drug-likeness (QED) is 0.906. The number of rotatable bonds is 5. The number of ether oxygens (including phenoxy) is 3. The molecule has 1 aromatic heterocycles. The lowest BCUT2D eigenvalue weighted by Crippen LogP contribution is -1.98. The van der Waals surface area contributed by atoms with Crippen LogP contribution in [-0.4, -0.2) is 11.8 Å². The lowest BCUT2D eigenvalue weighted by atomic mass is 10.2. The van der Waals surface area contributed by atoms with Crippen LogP contribution in [-0.2, 0) is 24.5 Å². The molecule has 1 aliphatic rings. The molecular weight excluding hydrogens is 264 g/mol. The largest absolute Gasteiger partial charge is 0.454 e. The van der Waals surface area contributed by atoms with E-state index >= 15 is 0 Å². The van der Waals surface area contributed by atoms with Gasteiger partial charge in [-0.2, -0.15) is 0 Å². The van der Waals surface area contributed by atoms with Crippen LogP contribution in [0.5, 0.6) is 11.5 Å². The van der Waals surface area contributed by atoms with Gasteiger partial charge in [0.15, 0.2) is 11.5 Å². The number of hydrogen-bond donors (Lipinski definition) is 1. The van der Waals surface area contributed by atoms with Crippen LogP contribution in [0.1, 0.15) is 16.3 Å². The van der Waals surface area contributed by atoms with E-state index in [-0.39, 0.29) is 0 Å². The average molecular weight is 278 g/mol. The molecule has 2 heterocycles. The molecule has 0 saturated carbocycles. The fourth-order valence-corrected chi connectivity index (χ4v) is 2.47. The minimum absolute atomic E-state index is 0.292. The molecule has 2 N–H and O–H groups in total. The number of fused-ring (bicyclic) bond motifs is 1. The van der Waals surface area contributed by atoms with Gasteiger partial charge in [-0.15, -0.1) is 11.3 Å². The summed E-state index contributed by atoms with van der Waals surface area (Å²) >= 11 is 1.56. The van der Waals surface area contributed by atoms with E-state index in [2.05, 4.69) is 4.98 Å². The van der Waals surface area contributed by atoms with Gasteiger partial charge >= 0.3 is 0 Å². The third kappa shape index (κ3) is 2.86. The zero-order valence-electron chi connectivity index (χ0n) is 10.3. The smallest absolute Gasteiger partial charge is 0.231 e. The minimum atomic E-state index is 0.292. The highest BCUT2D eigenvalue weighted by Crippen LogP contribution is 2.32. The summed E-state index contributed by atoms with van der Waals surface area (Å²) in [5.74, 6) is 1.57. The monoisotopic (exact) mass is 278 g/mol. The predicted octanol–water partition coefficient (Wildman–Crippen LogP) is 2.05. The van der Waals surface area contributed by atoms with Crippen LogP contribution < -0.4 is 15.2 Å². The van der Waals surface area contributed by atoms with E-state index in [1.807, 2.05) is 23.6 Å². The number of aromatic nitrogens is 1. The molecule has 6 heteroatoms. The third-order valence-electron chi connectivity index (χ3n) is 2.73. The Morgan fingerprint density at radius 2 is 2.16 bits per heavy atom. The molecule has 0 bridgehead atoms. The molecule has 1 aromatic carbocycles. The maximum Gasteiger partial charge on any atom is 0.231 e. The van der Waals surface area contributed by atoms with Gasteiger partial charge in [-0.25, -0.2) is 4.98 Å². The highest BCUT2D eigenvalue weighted by molar-refractivity contribution is 7.09. The Labute approximate surface area is 114 Å². The Hall–Kier alpha value is -1.63. The molecule has 3 rings (SSSR count). The molecule has 0 radical (unpaired) electrons. The molecule has 0 unspecified atom stereocenters. The molecule has 0 spiro atoms. The summed E-state index contributed by atoms with van der Waals surface area (Å²) in [6.45, 7) is 1.78. The Bertz CT molecular complexity index is 571. The van der Waals surface area contributed by atoms with E-state index in [9.17, 15) is 0 Å². The summed E-state index contributed by atoms with van der Waals surface area (Å²) in [6, 6.07) is 5.81. The van der Waals surface area contributed by atoms with E-state index in [0.29, 0.717) is 26.6 Å². The van der Waals surface area contributed by atoms with Gasteiger partial charge in [-0.3, -0.25) is 0 Å². The lowest BCUT2D eigenvalue weighted by Gasteiger charge is -2.04. The van der Waals surface area contributed by atoms with Gasteiger partial charge in [0.05, 0.1) is 18.9 Å². The van der Waals surface area contributed by atoms with Crippen LogP contribution in [0, 0.1) is 0 Å². The average Bonchev–Trinajstić information content (AvgIpc) is 3.06. The van der Waals surface area contributed by atoms with Gasteiger partial charge in [-0.05, 0) is 17.7 Å². The van der Waals surface area contributed by atoms with Gasteiger partial charge < -0.3 is 19.9 Å². The Balaban J connectivity index is 1.54. The van der Waals surface area contributed by atoms with Crippen molar-refractivity contribution in [1.29, 1.82) is 0 Å². The first kappa shape index (κ1) is 12.4. The van der Waals surface area contributed by atoms with Crippen molar-refractivity contribution >= 4 is 11.3 Å². The molecular formula is C13H14N2O3S. The maximum atomic E-state index is 5.63. The van der Waals surface area contributed by atoms with Crippen molar-refractivity contribution in [3.63, 3.8) is 0 Å². The highest BCUT2D eigenvalue weighted by Gasteiger charge is 2.13. The van der Waals surface area contributed by atoms with Crippen molar-refractivity contribution in [2.75, 3.05) is 6.79 Å². The predicted molar refractivity (Wildman–Crippen MR) is 71.1 cm³/mol. The molecule has 1 aliphatic heterocycles. The van der Waals surface area contributed by atoms with Crippen molar-refractivity contribution in [2.24, 2.45) is 5.73 Å². The lowest BCUT2D eigenvalue weighted by molar-refractivity contribution is 0.105. The molecule has 0 fully saturated rings. The van der Waals surface area contributed by atoms with Gasteiger partial charge in [0.25, 0.3) is 0 Å². The van der Waals surface area contributed by atoms with Crippen molar-refractivity contribution < 1.29 is 14.2 Å². The second kappa shape index (κ2) is 5.56. The van der Waals surface area contributed by atoms with Crippen molar-refractivity contribution in [1.82, 2.24) is 4.98 Å². The SMILES string of the molecule is NCc1nc(COCc2ccc3c(c2)OCO3)cs1. The van der Waals surface area contributed by atoms with E-state index in [1.165, 1.54) is 0 Å². The number of hydrogen-bond acceptors (Lipinski definition) is 6. The molecule has 5 nitrogen and oxygen atoms in total. The molecule has 0 atom stereocenters. The van der Waals surface area contributed by atoms with E-state index < -0.39 is 0 Å². The Kier molecular flexibility index (Phi) is 3.63. The van der Waals surface area contributed by atoms with Gasteiger partial charge in [0.1, 0.15) is 5.01 Å². The van der Waals surface area contributed by atoms with Crippen LogP contribution in [0.2, 0.25) is 0 Å². The normalized spacial score (nSPS) is 12.9. The topological polar surface area (TPSA) is 66.6 Å². The summed E-state index contributed by atoms with van der Waals surface area (Å²) < 4.78 is 16.2. The fraction of sp³-hybridized carbons (Fsp3) is 0.308. The summed E-state index contributed by atoms with van der Waals surface area (Å²) in [5.41, 5.74) is 7.49. The highest BCUT2D eigenvalue weighted by atomic mass is 32.1. The number of benzene rings is 1. The summed E-state index contributed by atoms with van der Waals surface area (Å²) in [6.07, 6.45) is 0. The van der Waals surface area contributed by atoms with Crippen LogP contribution in [0.4, 0.5) is 0 Å². The Morgan fingerprint density at radius 1 is 1.26 bits per heavy atom. The molecule has 19 heavy (non-hydrogen) atoms. The Morgan fingerprint density at radius 3 is 3.00 bits per heavy atom. The van der Waals surface area contributed by atoms with Gasteiger partial charge in [0.2, 0.25) is 6.79 Å². The van der Waals surface area contributed by atoms with Crippen molar-refractivity contribution in [3.05, 3.63) is 39.8 Å². The third-order valence-corrected chi connectivity index (χ3v) is 3.65. The van der Waals surface area contributed by atoms with Crippen LogP contribution >= 0.6 is 11.3 Å². The molecule has 0 saturated heterocycles. The zero-order chi connectivity index (χ0) is 13.1.